The van der Waals surface area contributed by atoms with Gasteiger partial charge >= 0.3 is 6.03 Å². The van der Waals surface area contributed by atoms with Crippen molar-refractivity contribution in [3.63, 3.8) is 0 Å². The summed E-state index contributed by atoms with van der Waals surface area (Å²) in [4.78, 5) is 37.8. The molecule has 26 heavy (non-hydrogen) atoms. The molecule has 0 radical (unpaired) electrons. The molecule has 0 spiro atoms. The van der Waals surface area contributed by atoms with Crippen LogP contribution in [0.4, 0.5) is 15.3 Å². The average molecular weight is 377 g/mol. The third kappa shape index (κ3) is 4.30. The third-order valence-electron chi connectivity index (χ3n) is 4.59. The molecule has 1 heterocycles. The molecule has 2 aliphatic rings. The smallest absolute Gasteiger partial charge is 0.319 e. The lowest BCUT2D eigenvalue weighted by Gasteiger charge is -2.36. The number of anilines is 1. The van der Waals surface area contributed by atoms with E-state index in [4.69, 9.17) is 4.74 Å². The molecule has 1 saturated carbocycles. The van der Waals surface area contributed by atoms with E-state index < -0.39 is 0 Å². The maximum absolute atomic E-state index is 12.4. The minimum atomic E-state index is -0.335. The SMILES string of the molecule is CCOc1ccc(NC(=O)NC2CCCCC2N2C(=O)CSC2=O)cc1. The lowest BCUT2D eigenvalue weighted by atomic mass is 9.89. The Morgan fingerprint density at radius 2 is 1.96 bits per heavy atom. The summed E-state index contributed by atoms with van der Waals surface area (Å²) in [5.74, 6) is 0.778. The van der Waals surface area contributed by atoms with Gasteiger partial charge in [-0.2, -0.15) is 0 Å². The van der Waals surface area contributed by atoms with Crippen LogP contribution in [0, 0.1) is 0 Å². The molecule has 0 bridgehead atoms. The lowest BCUT2D eigenvalue weighted by Crippen LogP contribution is -2.55. The first-order chi connectivity index (χ1) is 12.6. The maximum Gasteiger partial charge on any atom is 0.319 e. The van der Waals surface area contributed by atoms with Gasteiger partial charge in [0.2, 0.25) is 5.91 Å². The summed E-state index contributed by atoms with van der Waals surface area (Å²) in [6, 6.07) is 6.31. The van der Waals surface area contributed by atoms with Gasteiger partial charge in [-0.3, -0.25) is 14.5 Å². The third-order valence-corrected chi connectivity index (χ3v) is 5.42. The summed E-state index contributed by atoms with van der Waals surface area (Å²) in [6.07, 6.45) is 3.40. The molecule has 8 heteroatoms. The van der Waals surface area contributed by atoms with Crippen molar-refractivity contribution in [3.05, 3.63) is 24.3 Å². The van der Waals surface area contributed by atoms with Crippen LogP contribution < -0.4 is 15.4 Å². The zero-order valence-electron chi connectivity index (χ0n) is 14.7. The van der Waals surface area contributed by atoms with E-state index in [0.29, 0.717) is 12.3 Å². The van der Waals surface area contributed by atoms with E-state index in [0.717, 1.165) is 43.2 Å². The van der Waals surface area contributed by atoms with Crippen LogP contribution in [0.2, 0.25) is 0 Å². The van der Waals surface area contributed by atoms with Crippen molar-refractivity contribution in [1.82, 2.24) is 10.2 Å². The molecule has 1 aromatic carbocycles. The van der Waals surface area contributed by atoms with Crippen LogP contribution in [0.3, 0.4) is 0 Å². The van der Waals surface area contributed by atoms with Crippen molar-refractivity contribution in [3.8, 4) is 5.75 Å². The Balaban J connectivity index is 1.61. The fraction of sp³-hybridized carbons (Fsp3) is 0.500. The Morgan fingerprint density at radius 3 is 2.62 bits per heavy atom. The highest BCUT2D eigenvalue weighted by atomic mass is 32.2. The number of amides is 4. The van der Waals surface area contributed by atoms with Crippen LogP contribution in [0.1, 0.15) is 32.6 Å². The number of carbonyl (C=O) groups excluding carboxylic acids is 3. The standard InChI is InChI=1S/C18H23N3O4S/c1-2-25-13-9-7-12(8-10-13)19-17(23)20-14-5-3-4-6-15(14)21-16(22)11-26-18(21)24/h7-10,14-15H,2-6,11H2,1H3,(H2,19,20,23). The van der Waals surface area contributed by atoms with E-state index >= 15 is 0 Å². The fourth-order valence-electron chi connectivity index (χ4n) is 3.41. The quantitative estimate of drug-likeness (QED) is 0.823. The Labute approximate surface area is 156 Å². The second kappa shape index (κ2) is 8.44. The highest BCUT2D eigenvalue weighted by Gasteiger charge is 2.41. The van der Waals surface area contributed by atoms with Gasteiger partial charge in [-0.1, -0.05) is 24.6 Å². The van der Waals surface area contributed by atoms with Crippen molar-refractivity contribution in [2.45, 2.75) is 44.7 Å². The monoisotopic (exact) mass is 377 g/mol. The predicted octanol–water partition coefficient (Wildman–Crippen LogP) is 3.21. The largest absolute Gasteiger partial charge is 0.494 e. The van der Waals surface area contributed by atoms with Crippen molar-refractivity contribution >= 4 is 34.6 Å². The highest BCUT2D eigenvalue weighted by Crippen LogP contribution is 2.30. The van der Waals surface area contributed by atoms with Crippen molar-refractivity contribution in [2.75, 3.05) is 17.7 Å². The number of benzene rings is 1. The number of nitrogens with one attached hydrogen (secondary N) is 2. The molecule has 3 rings (SSSR count). The van der Waals surface area contributed by atoms with Gasteiger partial charge < -0.3 is 15.4 Å². The zero-order valence-corrected chi connectivity index (χ0v) is 15.5. The molecule has 1 aliphatic heterocycles. The van der Waals surface area contributed by atoms with E-state index in [1.165, 1.54) is 4.90 Å². The molecule has 1 saturated heterocycles. The lowest BCUT2D eigenvalue weighted by molar-refractivity contribution is -0.127. The van der Waals surface area contributed by atoms with Crippen LogP contribution in [0.15, 0.2) is 24.3 Å². The van der Waals surface area contributed by atoms with E-state index in [2.05, 4.69) is 10.6 Å². The number of urea groups is 1. The van der Waals surface area contributed by atoms with Gasteiger partial charge in [0.1, 0.15) is 5.75 Å². The Morgan fingerprint density at radius 1 is 1.23 bits per heavy atom. The summed E-state index contributed by atoms with van der Waals surface area (Å²) in [7, 11) is 0. The van der Waals surface area contributed by atoms with Gasteiger partial charge in [-0.05, 0) is 44.0 Å². The molecule has 2 N–H and O–H groups in total. The van der Waals surface area contributed by atoms with Crippen LogP contribution in [0.25, 0.3) is 0 Å². The number of ether oxygens (including phenoxy) is 1. The number of nitrogens with zero attached hydrogens (tertiary/aromatic N) is 1. The first-order valence-corrected chi connectivity index (χ1v) is 9.86. The van der Waals surface area contributed by atoms with Gasteiger partial charge in [0.15, 0.2) is 0 Å². The summed E-state index contributed by atoms with van der Waals surface area (Å²) in [6.45, 7) is 2.50. The van der Waals surface area contributed by atoms with Crippen LogP contribution in [-0.2, 0) is 4.79 Å². The highest BCUT2D eigenvalue weighted by molar-refractivity contribution is 8.14. The van der Waals surface area contributed by atoms with E-state index in [1.807, 2.05) is 6.92 Å². The topological polar surface area (TPSA) is 87.7 Å². The Kier molecular flexibility index (Phi) is 6.03. The van der Waals surface area contributed by atoms with Gasteiger partial charge in [0.25, 0.3) is 5.24 Å². The van der Waals surface area contributed by atoms with Crippen LogP contribution in [-0.4, -0.2) is 46.5 Å². The predicted molar refractivity (Wildman–Crippen MR) is 101 cm³/mol. The molecule has 7 nitrogen and oxygen atoms in total. The number of thioether (sulfide) groups is 1. The minimum absolute atomic E-state index is 0.161. The number of imide groups is 1. The van der Waals surface area contributed by atoms with Crippen LogP contribution in [0.5, 0.6) is 5.75 Å². The second-order valence-corrected chi connectivity index (χ2v) is 7.26. The van der Waals surface area contributed by atoms with Gasteiger partial charge in [0.05, 0.1) is 24.4 Å². The van der Waals surface area contributed by atoms with Gasteiger partial charge in [-0.25, -0.2) is 4.79 Å². The molecular formula is C18H23N3O4S. The molecule has 2 atom stereocenters. The number of hydrogen-bond donors (Lipinski definition) is 2. The number of carbonyl (C=O) groups is 3. The second-order valence-electron chi connectivity index (χ2n) is 6.33. The van der Waals surface area contributed by atoms with E-state index in [9.17, 15) is 14.4 Å². The fourth-order valence-corrected chi connectivity index (χ4v) is 4.17. The Hall–Kier alpha value is -2.22. The molecule has 2 unspecified atom stereocenters. The van der Waals surface area contributed by atoms with E-state index in [-0.39, 0.29) is 35.0 Å². The molecular weight excluding hydrogens is 354 g/mol. The molecule has 0 aromatic heterocycles. The molecule has 1 aromatic rings. The average Bonchev–Trinajstić information content (AvgIpc) is 2.96. The number of rotatable bonds is 5. The van der Waals surface area contributed by atoms with Crippen LogP contribution >= 0.6 is 11.8 Å². The number of hydrogen-bond acceptors (Lipinski definition) is 5. The molecule has 4 amide bonds. The van der Waals surface area contributed by atoms with Crippen molar-refractivity contribution < 1.29 is 19.1 Å². The summed E-state index contributed by atoms with van der Waals surface area (Å²) < 4.78 is 5.38. The molecule has 1 aliphatic carbocycles. The van der Waals surface area contributed by atoms with Gasteiger partial charge in [0, 0.05) is 5.69 Å². The van der Waals surface area contributed by atoms with Crippen molar-refractivity contribution in [1.29, 1.82) is 0 Å². The van der Waals surface area contributed by atoms with Crippen molar-refractivity contribution in [2.24, 2.45) is 0 Å². The summed E-state index contributed by atoms with van der Waals surface area (Å²) in [5, 5.41) is 5.52. The van der Waals surface area contributed by atoms with Gasteiger partial charge in [-0.15, -0.1) is 0 Å². The Bertz CT molecular complexity index is 664. The zero-order chi connectivity index (χ0) is 18.5. The summed E-state index contributed by atoms with van der Waals surface area (Å²) in [5.41, 5.74) is 0.655. The maximum atomic E-state index is 12.4. The normalized spacial score (nSPS) is 23.0. The van der Waals surface area contributed by atoms with E-state index in [1.54, 1.807) is 24.3 Å². The summed E-state index contributed by atoms with van der Waals surface area (Å²) >= 11 is 1.03. The first kappa shape index (κ1) is 18.6. The minimum Gasteiger partial charge on any atom is -0.494 e. The molecule has 2 fully saturated rings. The first-order valence-electron chi connectivity index (χ1n) is 8.87. The molecule has 140 valence electrons.